The number of benzene rings is 1. The van der Waals surface area contributed by atoms with Gasteiger partial charge in [0.2, 0.25) is 0 Å². The summed E-state index contributed by atoms with van der Waals surface area (Å²) in [6.45, 7) is 2.66. The molecule has 0 N–H and O–H groups in total. The van der Waals surface area contributed by atoms with E-state index in [1.54, 1.807) is 12.4 Å². The van der Waals surface area contributed by atoms with Crippen LogP contribution < -0.4 is 0 Å². The average Bonchev–Trinajstić information content (AvgIpc) is 2.95. The molecule has 1 unspecified atom stereocenters. The monoisotopic (exact) mass is 348 g/mol. The summed E-state index contributed by atoms with van der Waals surface area (Å²) in [5.41, 5.74) is 14.0. The van der Waals surface area contributed by atoms with E-state index in [0.29, 0.717) is 6.54 Å². The van der Waals surface area contributed by atoms with Gasteiger partial charge in [0.15, 0.2) is 0 Å². The minimum absolute atomic E-state index is 0. The molecule has 6 heteroatoms. The number of aromatic nitrogens is 2. The number of para-hydroxylation sites is 1. The van der Waals surface area contributed by atoms with Crippen LogP contribution in [0.25, 0.3) is 21.3 Å². The molecule has 0 bridgehead atoms. The number of rotatable bonds is 4. The minimum Gasteiger partial charge on any atom is -0.343 e. The second-order valence-corrected chi connectivity index (χ2v) is 6.54. The summed E-state index contributed by atoms with van der Waals surface area (Å²) < 4.78 is 2.34. The Morgan fingerprint density at radius 3 is 2.77 bits per heavy atom. The van der Waals surface area contributed by atoms with Crippen LogP contribution in [-0.4, -0.2) is 28.0 Å². The standard InChI is InChI=1S/C19H20N6.CH4/c1-24-11-8-19-16(12-24)15-4-2-3-5-18(15)25(19)13-17(22-23-20)14-6-9-21-10-7-14;/h2-7,9-10,17H,8,11-13H2,1H3;1H4. The first-order valence-electron chi connectivity index (χ1n) is 8.49. The Labute approximate surface area is 153 Å². The fourth-order valence-electron chi connectivity index (χ4n) is 3.77. The zero-order chi connectivity index (χ0) is 17.2. The van der Waals surface area contributed by atoms with Gasteiger partial charge >= 0.3 is 0 Å². The Kier molecular flexibility index (Phi) is 5.26. The van der Waals surface area contributed by atoms with Crippen LogP contribution in [0.15, 0.2) is 53.9 Å². The van der Waals surface area contributed by atoms with Crippen molar-refractivity contribution < 1.29 is 0 Å². The highest BCUT2D eigenvalue weighted by Gasteiger charge is 2.23. The van der Waals surface area contributed by atoms with Crippen LogP contribution >= 0.6 is 0 Å². The van der Waals surface area contributed by atoms with Gasteiger partial charge in [0, 0.05) is 60.0 Å². The predicted molar refractivity (Wildman–Crippen MR) is 105 cm³/mol. The molecule has 1 aromatic carbocycles. The number of nitrogens with zero attached hydrogens (tertiary/aromatic N) is 6. The Balaban J connectivity index is 0.00000196. The van der Waals surface area contributed by atoms with Gasteiger partial charge in [-0.25, -0.2) is 0 Å². The van der Waals surface area contributed by atoms with Crippen molar-refractivity contribution in [1.29, 1.82) is 0 Å². The molecule has 0 saturated heterocycles. The maximum absolute atomic E-state index is 9.04. The number of azide groups is 1. The lowest BCUT2D eigenvalue weighted by Crippen LogP contribution is -2.27. The van der Waals surface area contributed by atoms with Crippen molar-refractivity contribution in [2.45, 2.75) is 33.0 Å². The molecule has 0 amide bonds. The first-order chi connectivity index (χ1) is 12.3. The van der Waals surface area contributed by atoms with Crippen molar-refractivity contribution in [3.8, 4) is 0 Å². The summed E-state index contributed by atoms with van der Waals surface area (Å²) in [6, 6.07) is 12.1. The van der Waals surface area contributed by atoms with Gasteiger partial charge in [-0.05, 0) is 41.9 Å². The van der Waals surface area contributed by atoms with Crippen molar-refractivity contribution in [2.75, 3.05) is 13.6 Å². The molecule has 1 atom stereocenters. The van der Waals surface area contributed by atoms with E-state index >= 15 is 0 Å². The number of fused-ring (bicyclic) bond motifs is 3. The van der Waals surface area contributed by atoms with Crippen LogP contribution in [0.2, 0.25) is 0 Å². The van der Waals surface area contributed by atoms with Crippen molar-refractivity contribution in [3.05, 3.63) is 76.1 Å². The molecule has 1 aliphatic heterocycles. The second kappa shape index (κ2) is 7.60. The van der Waals surface area contributed by atoms with E-state index in [0.717, 1.165) is 25.1 Å². The summed E-state index contributed by atoms with van der Waals surface area (Å²) in [6.07, 6.45) is 4.50. The maximum Gasteiger partial charge on any atom is 0.0805 e. The molecule has 0 aliphatic carbocycles. The zero-order valence-electron chi connectivity index (χ0n) is 14.2. The summed E-state index contributed by atoms with van der Waals surface area (Å²) in [5.74, 6) is 0. The molecular formula is C20H24N6. The summed E-state index contributed by atoms with van der Waals surface area (Å²) in [5, 5.41) is 5.37. The number of hydrogen-bond acceptors (Lipinski definition) is 3. The van der Waals surface area contributed by atoms with Crippen molar-refractivity contribution >= 4 is 10.9 Å². The highest BCUT2D eigenvalue weighted by Crippen LogP contribution is 2.32. The second-order valence-electron chi connectivity index (χ2n) is 6.54. The molecule has 4 rings (SSSR count). The lowest BCUT2D eigenvalue weighted by atomic mass is 10.0. The Morgan fingerprint density at radius 1 is 1.23 bits per heavy atom. The third-order valence-corrected chi connectivity index (χ3v) is 4.99. The summed E-state index contributed by atoms with van der Waals surface area (Å²) in [7, 11) is 2.16. The Morgan fingerprint density at radius 2 is 2.00 bits per heavy atom. The van der Waals surface area contributed by atoms with E-state index in [1.165, 1.54) is 22.2 Å². The SMILES string of the molecule is C.CN1CCc2c(c3ccccc3n2CC(N=[N+]=[N-])c2ccncc2)C1. The van der Waals surface area contributed by atoms with E-state index in [-0.39, 0.29) is 13.5 Å². The lowest BCUT2D eigenvalue weighted by molar-refractivity contribution is 0.308. The fourth-order valence-corrected chi connectivity index (χ4v) is 3.77. The van der Waals surface area contributed by atoms with Crippen LogP contribution in [0.5, 0.6) is 0 Å². The lowest BCUT2D eigenvalue weighted by Gasteiger charge is -2.25. The van der Waals surface area contributed by atoms with Gasteiger partial charge in [-0.15, -0.1) is 0 Å². The maximum atomic E-state index is 9.04. The van der Waals surface area contributed by atoms with Gasteiger partial charge in [0.25, 0.3) is 0 Å². The molecule has 1 aliphatic rings. The van der Waals surface area contributed by atoms with Crippen LogP contribution in [0, 0.1) is 0 Å². The average molecular weight is 348 g/mol. The Hall–Kier alpha value is -2.82. The van der Waals surface area contributed by atoms with E-state index < -0.39 is 0 Å². The normalized spacial score (nSPS) is 15.0. The molecule has 0 saturated carbocycles. The van der Waals surface area contributed by atoms with Gasteiger partial charge < -0.3 is 9.47 Å². The van der Waals surface area contributed by atoms with E-state index in [1.807, 2.05) is 12.1 Å². The highest BCUT2D eigenvalue weighted by atomic mass is 15.2. The molecule has 3 aromatic rings. The van der Waals surface area contributed by atoms with Gasteiger partial charge in [-0.2, -0.15) is 0 Å². The van der Waals surface area contributed by atoms with Gasteiger partial charge in [-0.3, -0.25) is 4.98 Å². The van der Waals surface area contributed by atoms with E-state index in [4.69, 9.17) is 5.53 Å². The van der Waals surface area contributed by atoms with Crippen molar-refractivity contribution in [1.82, 2.24) is 14.5 Å². The number of likely N-dealkylation sites (N-methyl/N-ethyl adjacent to an activating group) is 1. The van der Waals surface area contributed by atoms with Crippen LogP contribution in [0.4, 0.5) is 0 Å². The number of hydrogen-bond donors (Lipinski definition) is 0. The van der Waals surface area contributed by atoms with Crippen molar-refractivity contribution in [2.24, 2.45) is 5.11 Å². The summed E-state index contributed by atoms with van der Waals surface area (Å²) in [4.78, 5) is 9.50. The fraction of sp³-hybridized carbons (Fsp3) is 0.350. The third kappa shape index (κ3) is 3.17. The van der Waals surface area contributed by atoms with Gasteiger partial charge in [0.1, 0.15) is 0 Å². The summed E-state index contributed by atoms with van der Waals surface area (Å²) >= 11 is 0. The zero-order valence-corrected chi connectivity index (χ0v) is 14.2. The first kappa shape index (κ1) is 18.0. The molecule has 2 aromatic heterocycles. The van der Waals surface area contributed by atoms with E-state index in [2.05, 4.69) is 55.8 Å². The third-order valence-electron chi connectivity index (χ3n) is 4.99. The molecule has 0 fully saturated rings. The molecule has 0 radical (unpaired) electrons. The quantitative estimate of drug-likeness (QED) is 0.389. The molecule has 134 valence electrons. The van der Waals surface area contributed by atoms with Crippen LogP contribution in [0.1, 0.15) is 30.3 Å². The molecule has 3 heterocycles. The molecule has 0 spiro atoms. The Bertz CT molecular complexity index is 940. The highest BCUT2D eigenvalue weighted by molar-refractivity contribution is 5.85. The van der Waals surface area contributed by atoms with Crippen LogP contribution in [0.3, 0.4) is 0 Å². The minimum atomic E-state index is -0.243. The van der Waals surface area contributed by atoms with Gasteiger partial charge in [-0.1, -0.05) is 30.7 Å². The number of pyridine rings is 1. The van der Waals surface area contributed by atoms with Gasteiger partial charge in [0.05, 0.1) is 6.04 Å². The predicted octanol–water partition coefficient (Wildman–Crippen LogP) is 4.71. The van der Waals surface area contributed by atoms with Crippen LogP contribution in [-0.2, 0) is 19.5 Å². The molecule has 26 heavy (non-hydrogen) atoms. The largest absolute Gasteiger partial charge is 0.343 e. The topological polar surface area (TPSA) is 69.8 Å². The van der Waals surface area contributed by atoms with E-state index in [9.17, 15) is 0 Å². The van der Waals surface area contributed by atoms with Crippen molar-refractivity contribution in [3.63, 3.8) is 0 Å². The smallest absolute Gasteiger partial charge is 0.0805 e. The first-order valence-corrected chi connectivity index (χ1v) is 8.49. The molecular weight excluding hydrogens is 324 g/mol. The molecule has 6 nitrogen and oxygen atoms in total.